The lowest BCUT2D eigenvalue weighted by atomic mass is 9.76. The molecule has 0 bridgehead atoms. The predicted molar refractivity (Wildman–Crippen MR) is 70.6 cm³/mol. The molecule has 1 aromatic carbocycles. The Balaban J connectivity index is 2.03. The minimum absolute atomic E-state index is 0.186. The Kier molecular flexibility index (Phi) is 2.40. The molecule has 18 heavy (non-hydrogen) atoms. The van der Waals surface area contributed by atoms with E-state index in [-0.39, 0.29) is 11.6 Å². The first-order chi connectivity index (χ1) is 8.67. The number of carbonyl (C=O) groups excluding carboxylic acids is 1. The van der Waals surface area contributed by atoms with Crippen molar-refractivity contribution in [2.45, 2.75) is 31.7 Å². The van der Waals surface area contributed by atoms with Crippen LogP contribution in [0.5, 0.6) is 0 Å². The number of hydrogen-bond donors (Lipinski definition) is 1. The average molecular weight is 243 g/mol. The van der Waals surface area contributed by atoms with E-state index in [1.807, 2.05) is 17.9 Å². The summed E-state index contributed by atoms with van der Waals surface area (Å²) in [5.41, 5.74) is 8.32. The number of likely N-dealkylation sites (N-methyl/N-ethyl adjacent to an activating group) is 1. The Morgan fingerprint density at radius 3 is 2.83 bits per heavy atom. The van der Waals surface area contributed by atoms with Crippen LogP contribution in [0.15, 0.2) is 29.3 Å². The number of fused-ring (bicyclic) bond motifs is 1. The molecule has 1 aliphatic carbocycles. The number of aryl methyl sites for hydroxylation is 1. The highest BCUT2D eigenvalue weighted by Gasteiger charge is 2.49. The molecule has 0 fully saturated rings. The maximum Gasteiger partial charge on any atom is 0.346 e. The predicted octanol–water partition coefficient (Wildman–Crippen LogP) is 1.73. The minimum atomic E-state index is -0.375. The maximum atomic E-state index is 11.9. The van der Waals surface area contributed by atoms with Gasteiger partial charge in [-0.05, 0) is 30.9 Å². The zero-order chi connectivity index (χ0) is 12.8. The molecule has 1 aromatic rings. The van der Waals surface area contributed by atoms with Gasteiger partial charge in [-0.3, -0.25) is 0 Å². The van der Waals surface area contributed by atoms with Crippen LogP contribution in [0, 0.1) is 0 Å². The third kappa shape index (κ3) is 1.38. The highest BCUT2D eigenvalue weighted by molar-refractivity contribution is 6.06. The molecule has 3 rings (SSSR count). The van der Waals surface area contributed by atoms with Crippen molar-refractivity contribution in [1.29, 1.82) is 0 Å². The number of rotatable bonds is 1. The van der Waals surface area contributed by atoms with Crippen molar-refractivity contribution in [1.82, 2.24) is 4.90 Å². The second-order valence-electron chi connectivity index (χ2n) is 5.00. The average Bonchev–Trinajstić information content (AvgIpc) is 2.60. The lowest BCUT2D eigenvalue weighted by Gasteiger charge is -2.41. The van der Waals surface area contributed by atoms with Crippen LogP contribution in [0.2, 0.25) is 0 Å². The summed E-state index contributed by atoms with van der Waals surface area (Å²) in [5, 5.41) is 0. The third-order valence-corrected chi connectivity index (χ3v) is 4.17. The summed E-state index contributed by atoms with van der Waals surface area (Å²) in [6, 6.07) is 8.20. The number of nitrogens with two attached hydrogens (primary N) is 1. The summed E-state index contributed by atoms with van der Waals surface area (Å²) >= 11 is 0. The third-order valence-electron chi connectivity index (χ3n) is 4.17. The lowest BCUT2D eigenvalue weighted by molar-refractivity contribution is 0.165. The van der Waals surface area contributed by atoms with E-state index in [4.69, 9.17) is 5.73 Å². The topological polar surface area (TPSA) is 58.7 Å². The van der Waals surface area contributed by atoms with Crippen molar-refractivity contribution in [2.75, 3.05) is 6.54 Å². The van der Waals surface area contributed by atoms with Gasteiger partial charge in [-0.25, -0.2) is 4.79 Å². The molecule has 2 N–H and O–H groups in total. The van der Waals surface area contributed by atoms with Crippen molar-refractivity contribution in [3.63, 3.8) is 0 Å². The molecule has 2 amide bonds. The van der Waals surface area contributed by atoms with Gasteiger partial charge in [0.1, 0.15) is 11.4 Å². The zero-order valence-electron chi connectivity index (χ0n) is 10.5. The summed E-state index contributed by atoms with van der Waals surface area (Å²) in [6.07, 6.45) is 2.62. The molecule has 0 radical (unpaired) electrons. The molecule has 2 aliphatic rings. The number of benzene rings is 1. The van der Waals surface area contributed by atoms with Gasteiger partial charge in [0.15, 0.2) is 0 Å². The summed E-state index contributed by atoms with van der Waals surface area (Å²) in [5.74, 6) is 0.490. The van der Waals surface area contributed by atoms with Crippen LogP contribution in [-0.4, -0.2) is 28.9 Å². The zero-order valence-corrected chi connectivity index (χ0v) is 10.5. The first kappa shape index (κ1) is 11.3. The molecule has 4 nitrogen and oxygen atoms in total. The summed E-state index contributed by atoms with van der Waals surface area (Å²) in [4.78, 5) is 17.6. The number of amidine groups is 1. The first-order valence-electron chi connectivity index (χ1n) is 6.40. The highest BCUT2D eigenvalue weighted by Crippen LogP contribution is 2.36. The van der Waals surface area contributed by atoms with Crippen LogP contribution in [0.3, 0.4) is 0 Å². The largest absolute Gasteiger partial charge is 0.385 e. The van der Waals surface area contributed by atoms with Gasteiger partial charge in [0, 0.05) is 13.0 Å². The molecule has 1 atom stereocenters. The molecule has 0 saturated heterocycles. The molecule has 0 saturated carbocycles. The van der Waals surface area contributed by atoms with E-state index < -0.39 is 0 Å². The summed E-state index contributed by atoms with van der Waals surface area (Å²) in [7, 11) is 0. The number of amides is 2. The van der Waals surface area contributed by atoms with E-state index in [1.54, 1.807) is 0 Å². The van der Waals surface area contributed by atoms with E-state index in [0.717, 1.165) is 19.3 Å². The Bertz CT molecular complexity index is 538. The second-order valence-corrected chi connectivity index (χ2v) is 5.00. The molecule has 1 heterocycles. The van der Waals surface area contributed by atoms with Gasteiger partial charge in [0.2, 0.25) is 0 Å². The Labute approximate surface area is 106 Å². The van der Waals surface area contributed by atoms with Crippen molar-refractivity contribution in [3.8, 4) is 0 Å². The van der Waals surface area contributed by atoms with E-state index >= 15 is 0 Å². The van der Waals surface area contributed by atoms with Crippen LogP contribution >= 0.6 is 0 Å². The molecule has 1 unspecified atom stereocenters. The maximum absolute atomic E-state index is 11.9. The minimum Gasteiger partial charge on any atom is -0.385 e. The molecule has 94 valence electrons. The molecule has 0 aromatic heterocycles. The fourth-order valence-corrected chi connectivity index (χ4v) is 3.19. The van der Waals surface area contributed by atoms with Gasteiger partial charge in [-0.1, -0.05) is 24.3 Å². The monoisotopic (exact) mass is 243 g/mol. The van der Waals surface area contributed by atoms with Gasteiger partial charge in [-0.15, -0.1) is 0 Å². The summed E-state index contributed by atoms with van der Waals surface area (Å²) < 4.78 is 0. The van der Waals surface area contributed by atoms with Crippen LogP contribution in [0.1, 0.15) is 24.5 Å². The van der Waals surface area contributed by atoms with Gasteiger partial charge >= 0.3 is 6.03 Å². The standard InChI is InChI=1S/C14H17N3O/c1-2-17-13(18)16-12(15)14(17)8-7-10-5-3-4-6-11(10)9-14/h3-6H,2,7-9H2,1H3,(H2,15,16,18). The molecule has 4 heteroatoms. The number of urea groups is 1. The molecular formula is C14H17N3O. The Morgan fingerprint density at radius 2 is 2.11 bits per heavy atom. The fourth-order valence-electron chi connectivity index (χ4n) is 3.19. The van der Waals surface area contributed by atoms with Gasteiger partial charge in [0.05, 0.1) is 0 Å². The van der Waals surface area contributed by atoms with E-state index in [9.17, 15) is 4.79 Å². The lowest BCUT2D eigenvalue weighted by Crippen LogP contribution is -2.57. The van der Waals surface area contributed by atoms with Gasteiger partial charge in [0.25, 0.3) is 0 Å². The first-order valence-corrected chi connectivity index (χ1v) is 6.40. The van der Waals surface area contributed by atoms with E-state index in [1.165, 1.54) is 11.1 Å². The second kappa shape index (κ2) is 3.83. The normalized spacial score (nSPS) is 26.4. The molecular weight excluding hydrogens is 226 g/mol. The van der Waals surface area contributed by atoms with Crippen LogP contribution in [-0.2, 0) is 12.8 Å². The number of aliphatic imine (C=N–C) groups is 1. The van der Waals surface area contributed by atoms with Crippen molar-refractivity contribution < 1.29 is 4.79 Å². The van der Waals surface area contributed by atoms with E-state index in [2.05, 4.69) is 23.2 Å². The summed E-state index contributed by atoms with van der Waals surface area (Å²) in [6.45, 7) is 2.64. The smallest absolute Gasteiger partial charge is 0.346 e. The molecule has 1 spiro atoms. The van der Waals surface area contributed by atoms with Gasteiger partial charge in [-0.2, -0.15) is 4.99 Å². The van der Waals surface area contributed by atoms with Crippen molar-refractivity contribution in [3.05, 3.63) is 35.4 Å². The number of hydrogen-bond acceptors (Lipinski definition) is 2. The Hall–Kier alpha value is -1.84. The van der Waals surface area contributed by atoms with Crippen LogP contribution in [0.4, 0.5) is 4.79 Å². The SMILES string of the molecule is CCN1C(=O)N=C(N)C12CCc1ccccc1C2. The number of nitrogens with zero attached hydrogens (tertiary/aromatic N) is 2. The van der Waals surface area contributed by atoms with E-state index in [0.29, 0.717) is 12.4 Å². The van der Waals surface area contributed by atoms with Crippen LogP contribution in [0.25, 0.3) is 0 Å². The fraction of sp³-hybridized carbons (Fsp3) is 0.429. The van der Waals surface area contributed by atoms with Crippen molar-refractivity contribution >= 4 is 11.9 Å². The van der Waals surface area contributed by atoms with Crippen molar-refractivity contribution in [2.24, 2.45) is 10.7 Å². The quantitative estimate of drug-likeness (QED) is 0.816. The van der Waals surface area contributed by atoms with Gasteiger partial charge < -0.3 is 10.6 Å². The molecule has 1 aliphatic heterocycles. The van der Waals surface area contributed by atoms with Crippen LogP contribution < -0.4 is 5.73 Å². The number of carbonyl (C=O) groups is 1. The highest BCUT2D eigenvalue weighted by atomic mass is 16.2. The Morgan fingerprint density at radius 1 is 1.39 bits per heavy atom.